The monoisotopic (exact) mass is 411 g/mol. The summed E-state index contributed by atoms with van der Waals surface area (Å²) in [5.74, 6) is -0.0485. The lowest BCUT2D eigenvalue weighted by Gasteiger charge is -2.40. The van der Waals surface area contributed by atoms with Crippen LogP contribution in [0, 0.1) is 0 Å². The van der Waals surface area contributed by atoms with Gasteiger partial charge in [0.05, 0.1) is 35.8 Å². The van der Waals surface area contributed by atoms with Gasteiger partial charge in [0.15, 0.2) is 0 Å². The molecule has 3 atom stereocenters. The van der Waals surface area contributed by atoms with E-state index in [1.807, 2.05) is 56.0 Å². The molecule has 0 aliphatic carbocycles. The van der Waals surface area contributed by atoms with E-state index in [9.17, 15) is 9.59 Å². The van der Waals surface area contributed by atoms with Crippen LogP contribution in [0.3, 0.4) is 0 Å². The quantitative estimate of drug-likeness (QED) is 0.839. The van der Waals surface area contributed by atoms with Crippen molar-refractivity contribution in [2.45, 2.75) is 58.8 Å². The second kappa shape index (κ2) is 7.75. The molecule has 1 fully saturated rings. The lowest BCUT2D eigenvalue weighted by atomic mass is 10.0. The third kappa shape index (κ3) is 3.56. The van der Waals surface area contributed by atoms with E-state index in [2.05, 4.69) is 17.3 Å². The first-order chi connectivity index (χ1) is 14.3. The summed E-state index contributed by atoms with van der Waals surface area (Å²) < 4.78 is 7.46. The molecule has 1 saturated heterocycles. The summed E-state index contributed by atoms with van der Waals surface area (Å²) in [4.78, 5) is 28.5. The minimum absolute atomic E-state index is 0.0485. The van der Waals surface area contributed by atoms with Gasteiger partial charge in [0, 0.05) is 37.8 Å². The Labute approximate surface area is 176 Å². The maximum absolute atomic E-state index is 12.8. The van der Waals surface area contributed by atoms with Gasteiger partial charge in [-0.25, -0.2) is 4.79 Å². The highest BCUT2D eigenvalue weighted by Crippen LogP contribution is 2.39. The van der Waals surface area contributed by atoms with Crippen molar-refractivity contribution in [1.82, 2.24) is 15.1 Å². The molecule has 1 aromatic heterocycles. The number of hydrogen-bond donors (Lipinski definition) is 1. The summed E-state index contributed by atoms with van der Waals surface area (Å²) in [7, 11) is 0. The lowest BCUT2D eigenvalue weighted by molar-refractivity contribution is -0.117. The fraction of sp³-hybridized carbons (Fsp3) is 0.500. The lowest BCUT2D eigenvalue weighted by Crippen LogP contribution is -2.51. The van der Waals surface area contributed by atoms with Crippen molar-refractivity contribution in [2.24, 2.45) is 0 Å². The molecule has 160 valence electrons. The molecule has 8 heteroatoms. The van der Waals surface area contributed by atoms with Gasteiger partial charge in [0.2, 0.25) is 5.91 Å². The smallest absolute Gasteiger partial charge is 0.414 e. The first-order valence-electron chi connectivity index (χ1n) is 10.5. The molecule has 0 saturated carbocycles. The number of amides is 2. The van der Waals surface area contributed by atoms with Crippen molar-refractivity contribution in [3.8, 4) is 11.1 Å². The minimum atomic E-state index is -0.400. The Kier molecular flexibility index (Phi) is 5.27. The van der Waals surface area contributed by atoms with Crippen LogP contribution in [-0.2, 0) is 9.53 Å². The second-order valence-electron chi connectivity index (χ2n) is 8.46. The third-order valence-electron chi connectivity index (χ3n) is 5.81. The predicted octanol–water partition coefficient (Wildman–Crippen LogP) is 3.19. The van der Waals surface area contributed by atoms with Crippen LogP contribution in [0.5, 0.6) is 0 Å². The molecule has 2 amide bonds. The average Bonchev–Trinajstić information content (AvgIpc) is 3.14. The maximum Gasteiger partial charge on any atom is 0.414 e. The van der Waals surface area contributed by atoms with E-state index in [4.69, 9.17) is 4.74 Å². The van der Waals surface area contributed by atoms with Gasteiger partial charge in [-0.1, -0.05) is 6.07 Å². The zero-order chi connectivity index (χ0) is 21.6. The van der Waals surface area contributed by atoms with Crippen LogP contribution in [0.2, 0.25) is 0 Å². The highest BCUT2D eigenvalue weighted by molar-refractivity contribution is 6.03. The molecule has 2 aliphatic rings. The molecule has 2 aromatic rings. The minimum Gasteiger partial charge on any atom is -0.446 e. The summed E-state index contributed by atoms with van der Waals surface area (Å²) in [5, 5.41) is 7.88. The number of carbonyl (C=O) groups excluding carboxylic acids is 2. The van der Waals surface area contributed by atoms with Crippen molar-refractivity contribution in [2.75, 3.05) is 22.9 Å². The molecule has 0 spiro atoms. The number of carbonyl (C=O) groups is 2. The molecule has 2 unspecified atom stereocenters. The first-order valence-corrected chi connectivity index (χ1v) is 10.5. The number of rotatable bonds is 3. The average molecular weight is 412 g/mol. The fourth-order valence-corrected chi connectivity index (χ4v) is 4.17. The Morgan fingerprint density at radius 3 is 2.57 bits per heavy atom. The number of ether oxygens (including phenoxy) is 1. The Bertz CT molecular complexity index is 969. The van der Waals surface area contributed by atoms with Gasteiger partial charge in [-0.2, -0.15) is 5.10 Å². The fourth-order valence-electron chi connectivity index (χ4n) is 4.17. The van der Waals surface area contributed by atoms with Gasteiger partial charge in [-0.05, 0) is 45.4 Å². The molecule has 3 heterocycles. The van der Waals surface area contributed by atoms with Crippen molar-refractivity contribution in [3.05, 3.63) is 30.6 Å². The molecule has 30 heavy (non-hydrogen) atoms. The molecule has 1 N–H and O–H groups in total. The van der Waals surface area contributed by atoms with Crippen LogP contribution < -0.4 is 15.1 Å². The van der Waals surface area contributed by atoms with Crippen molar-refractivity contribution in [1.29, 1.82) is 0 Å². The molecule has 8 nitrogen and oxygen atoms in total. The molecule has 2 aliphatic heterocycles. The van der Waals surface area contributed by atoms with Gasteiger partial charge in [-0.15, -0.1) is 0 Å². The molecule has 0 radical (unpaired) electrons. The highest BCUT2D eigenvalue weighted by Gasteiger charge is 2.35. The van der Waals surface area contributed by atoms with Crippen LogP contribution in [0.25, 0.3) is 11.1 Å². The normalized spacial score (nSPS) is 23.2. The number of hydrogen-bond acceptors (Lipinski definition) is 5. The number of fused-ring (bicyclic) bond motifs is 1. The van der Waals surface area contributed by atoms with E-state index >= 15 is 0 Å². The van der Waals surface area contributed by atoms with Crippen molar-refractivity contribution < 1.29 is 14.3 Å². The van der Waals surface area contributed by atoms with Crippen LogP contribution in [0.4, 0.5) is 16.2 Å². The largest absolute Gasteiger partial charge is 0.446 e. The topological polar surface area (TPSA) is 79.7 Å². The van der Waals surface area contributed by atoms with Gasteiger partial charge in [0.1, 0.15) is 0 Å². The highest BCUT2D eigenvalue weighted by atomic mass is 16.6. The van der Waals surface area contributed by atoms with E-state index in [0.717, 1.165) is 23.4 Å². The van der Waals surface area contributed by atoms with Gasteiger partial charge in [0.25, 0.3) is 0 Å². The Hall–Kier alpha value is -2.87. The Balaban J connectivity index is 1.72. The number of anilines is 2. The van der Waals surface area contributed by atoms with Crippen LogP contribution >= 0.6 is 0 Å². The van der Waals surface area contributed by atoms with Gasteiger partial charge >= 0.3 is 6.09 Å². The predicted molar refractivity (Wildman–Crippen MR) is 116 cm³/mol. The summed E-state index contributed by atoms with van der Waals surface area (Å²) >= 11 is 0. The van der Waals surface area contributed by atoms with E-state index in [1.165, 1.54) is 0 Å². The van der Waals surface area contributed by atoms with E-state index < -0.39 is 6.09 Å². The standard InChI is InChI=1S/C22H29N5O3/c1-13(2)30-22(29)25-11-14(3)27(16(5)28)19-7-6-17(8-20(19)25)18-9-24-26(12-18)21-10-23-15(21)4/h6-9,12-15,21,23H,10-11H2,1-5H3/t14-,15?,21?/m0/s1. The number of benzene rings is 1. The van der Waals surface area contributed by atoms with Crippen molar-refractivity contribution in [3.63, 3.8) is 0 Å². The van der Waals surface area contributed by atoms with Gasteiger partial charge in [-0.3, -0.25) is 14.4 Å². The van der Waals surface area contributed by atoms with E-state index in [1.54, 1.807) is 16.7 Å². The molecule has 4 rings (SSSR count). The second-order valence-corrected chi connectivity index (χ2v) is 8.46. The summed E-state index contributed by atoms with van der Waals surface area (Å²) in [6, 6.07) is 6.43. The Morgan fingerprint density at radius 2 is 1.97 bits per heavy atom. The SMILES string of the molecule is CC(=O)N1c2ccc(-c3cnn(C4CNC4C)c3)cc2N(C(=O)OC(C)C)C[C@@H]1C. The summed E-state index contributed by atoms with van der Waals surface area (Å²) in [5.41, 5.74) is 3.32. The zero-order valence-corrected chi connectivity index (χ0v) is 18.1. The van der Waals surface area contributed by atoms with Crippen LogP contribution in [0.1, 0.15) is 40.7 Å². The molecule has 1 aromatic carbocycles. The molecule has 0 bridgehead atoms. The summed E-state index contributed by atoms with van der Waals surface area (Å²) in [6.45, 7) is 10.6. The maximum atomic E-state index is 12.8. The van der Waals surface area contributed by atoms with Crippen LogP contribution in [0.15, 0.2) is 30.6 Å². The van der Waals surface area contributed by atoms with Crippen molar-refractivity contribution >= 4 is 23.4 Å². The number of nitrogens with zero attached hydrogens (tertiary/aromatic N) is 4. The van der Waals surface area contributed by atoms with Crippen LogP contribution in [-0.4, -0.2) is 53.1 Å². The first kappa shape index (κ1) is 20.4. The third-order valence-corrected chi connectivity index (χ3v) is 5.81. The molecular formula is C22H29N5O3. The summed E-state index contributed by atoms with van der Waals surface area (Å²) in [6.07, 6.45) is 3.26. The van der Waals surface area contributed by atoms with Gasteiger partial charge < -0.3 is 15.0 Å². The zero-order valence-electron chi connectivity index (χ0n) is 18.1. The number of nitrogens with one attached hydrogen (secondary N) is 1. The van der Waals surface area contributed by atoms with E-state index in [0.29, 0.717) is 24.3 Å². The Morgan fingerprint density at radius 1 is 1.20 bits per heavy atom. The number of aromatic nitrogens is 2. The molecular weight excluding hydrogens is 382 g/mol. The van der Waals surface area contributed by atoms with E-state index in [-0.39, 0.29) is 18.1 Å².